The van der Waals surface area contributed by atoms with Gasteiger partial charge in [0.15, 0.2) is 0 Å². The topological polar surface area (TPSA) is 39.8 Å². The minimum absolute atomic E-state index is 0. The van der Waals surface area contributed by atoms with E-state index >= 15 is 0 Å². The SMILES string of the molecule is C1CCCC1.CC(C)(C)/C(=C/[Si](F)F)[Si](F)F.[C-]#[O+].[C-]#[O+].[Mn]. The molecule has 1 fully saturated rings. The molecule has 22 heavy (non-hydrogen) atoms. The minimum Gasteiger partial charge on any atom is 0 e. The molecule has 0 heterocycles. The van der Waals surface area contributed by atoms with E-state index in [0.29, 0.717) is 5.70 Å². The van der Waals surface area contributed by atoms with Gasteiger partial charge in [0.1, 0.15) is 0 Å². The molecule has 0 spiro atoms. The zero-order valence-electron chi connectivity index (χ0n) is 12.8. The van der Waals surface area contributed by atoms with Gasteiger partial charge in [-0.2, -0.15) is 0 Å². The zero-order chi connectivity index (χ0) is 17.5. The molecule has 0 bridgehead atoms. The van der Waals surface area contributed by atoms with Crippen molar-refractivity contribution in [3.05, 3.63) is 24.2 Å². The summed E-state index contributed by atoms with van der Waals surface area (Å²) in [5, 5.41) is -0.355. The zero-order valence-corrected chi connectivity index (χ0v) is 16.0. The van der Waals surface area contributed by atoms with Crippen LogP contribution in [0.2, 0.25) is 0 Å². The summed E-state index contributed by atoms with van der Waals surface area (Å²) in [5.41, 5.74) is -0.356. The molecule has 3 radical (unpaired) electrons. The molecule has 0 amide bonds. The van der Waals surface area contributed by atoms with Gasteiger partial charge in [-0.1, -0.05) is 52.9 Å². The van der Waals surface area contributed by atoms with E-state index in [-0.39, 0.29) is 22.3 Å². The van der Waals surface area contributed by atoms with Crippen LogP contribution in [0.5, 0.6) is 0 Å². The van der Waals surface area contributed by atoms with Crippen LogP contribution in [0.4, 0.5) is 16.4 Å². The first kappa shape index (κ1) is 29.8. The largest absolute Gasteiger partial charge is 0 e. The van der Waals surface area contributed by atoms with Gasteiger partial charge in [0.25, 0.3) is 0 Å². The molecular formula is C13H20F4MnO2Si2. The Morgan fingerprint density at radius 3 is 1.23 bits per heavy atom. The van der Waals surface area contributed by atoms with Gasteiger partial charge in [-0.3, -0.25) is 16.4 Å². The van der Waals surface area contributed by atoms with Crippen LogP contribution in [0.3, 0.4) is 0 Å². The third-order valence-corrected chi connectivity index (χ3v) is 4.61. The molecule has 0 aliphatic heterocycles. The molecule has 0 saturated heterocycles. The van der Waals surface area contributed by atoms with Gasteiger partial charge >= 0.3 is 41.5 Å². The maximum absolute atomic E-state index is 12.3. The van der Waals surface area contributed by atoms with Crippen molar-refractivity contribution in [1.82, 2.24) is 0 Å². The van der Waals surface area contributed by atoms with Crippen molar-refractivity contribution in [3.8, 4) is 0 Å². The summed E-state index contributed by atoms with van der Waals surface area (Å²) in [6.07, 6.45) is 7.50. The van der Waals surface area contributed by atoms with Crippen LogP contribution >= 0.6 is 0 Å². The minimum atomic E-state index is -3.72. The second-order valence-electron chi connectivity index (χ2n) is 5.13. The molecule has 1 aliphatic rings. The predicted molar refractivity (Wildman–Crippen MR) is 74.4 cm³/mol. The van der Waals surface area contributed by atoms with Gasteiger partial charge in [-0.15, -0.1) is 0 Å². The summed E-state index contributed by atoms with van der Waals surface area (Å²) in [6, 6.07) is 0. The van der Waals surface area contributed by atoms with Crippen molar-refractivity contribution in [3.63, 3.8) is 0 Å². The van der Waals surface area contributed by atoms with E-state index in [4.69, 9.17) is 9.30 Å². The maximum Gasteiger partial charge on any atom is 0 e. The predicted octanol–water partition coefficient (Wildman–Crippen LogP) is 4.76. The van der Waals surface area contributed by atoms with E-state index in [2.05, 4.69) is 13.3 Å². The average Bonchev–Trinajstić information content (AvgIpc) is 2.98. The van der Waals surface area contributed by atoms with E-state index in [1.807, 2.05) is 0 Å². The summed E-state index contributed by atoms with van der Waals surface area (Å²) in [4.78, 5) is 0. The van der Waals surface area contributed by atoms with Gasteiger partial charge in [0.2, 0.25) is 0 Å². The van der Waals surface area contributed by atoms with E-state index in [9.17, 15) is 16.4 Å². The fourth-order valence-electron chi connectivity index (χ4n) is 1.55. The summed E-state index contributed by atoms with van der Waals surface area (Å²) < 4.78 is 63.3. The van der Waals surface area contributed by atoms with Crippen LogP contribution in [-0.2, 0) is 26.4 Å². The average molecular weight is 395 g/mol. The van der Waals surface area contributed by atoms with Crippen molar-refractivity contribution in [1.29, 1.82) is 0 Å². The maximum atomic E-state index is 12.3. The van der Waals surface area contributed by atoms with Crippen molar-refractivity contribution in [2.24, 2.45) is 5.41 Å². The molecule has 2 nitrogen and oxygen atoms in total. The van der Waals surface area contributed by atoms with Crippen molar-refractivity contribution in [2.45, 2.75) is 52.9 Å². The van der Waals surface area contributed by atoms with E-state index < -0.39 is 24.3 Å². The first-order valence-corrected chi connectivity index (χ1v) is 8.83. The Bertz CT molecular complexity index is 299. The van der Waals surface area contributed by atoms with Gasteiger partial charge in [0, 0.05) is 17.1 Å². The fraction of sp³-hybridized carbons (Fsp3) is 0.692. The molecule has 0 N–H and O–H groups in total. The molecule has 0 atom stereocenters. The molecule has 1 aliphatic carbocycles. The standard InChI is InChI=1S/C6H10F4Si2.C5H10.2CO.Mn/c1-6(2,3)5(12(9)10)4-11(7)8;1-2-4-5-3-1;2*1-2;/h4H,1-3H3;1-5H2;;;/b5-4-;;;;. The van der Waals surface area contributed by atoms with Gasteiger partial charge in [-0.05, 0) is 16.3 Å². The third-order valence-electron chi connectivity index (χ3n) is 2.52. The number of halogens is 4. The van der Waals surface area contributed by atoms with Crippen LogP contribution in [0.15, 0.2) is 10.9 Å². The number of rotatable bonds is 2. The van der Waals surface area contributed by atoms with Crippen LogP contribution < -0.4 is 0 Å². The number of allylic oxidation sites excluding steroid dienone is 1. The molecule has 127 valence electrons. The summed E-state index contributed by atoms with van der Waals surface area (Å²) in [7, 11) is -7.40. The van der Waals surface area contributed by atoms with Gasteiger partial charge < -0.3 is 0 Å². The van der Waals surface area contributed by atoms with Gasteiger partial charge in [0.05, 0.1) is 0 Å². The Hall–Kier alpha value is -0.107. The van der Waals surface area contributed by atoms with E-state index in [0.717, 1.165) is 0 Å². The molecule has 0 unspecified atom stereocenters. The fourth-order valence-corrected chi connectivity index (χ4v) is 3.53. The first-order valence-electron chi connectivity index (χ1n) is 6.24. The summed E-state index contributed by atoms with van der Waals surface area (Å²) in [6.45, 7) is 13.6. The molecule has 1 rings (SSSR count). The monoisotopic (exact) mass is 395 g/mol. The van der Waals surface area contributed by atoms with Crippen LogP contribution in [0.25, 0.3) is 0 Å². The Labute approximate surface area is 144 Å². The second-order valence-corrected chi connectivity index (χ2v) is 7.05. The van der Waals surface area contributed by atoms with Gasteiger partial charge in [-0.25, -0.2) is 0 Å². The summed E-state index contributed by atoms with van der Waals surface area (Å²) >= 11 is 0. The van der Waals surface area contributed by atoms with Crippen LogP contribution in [-0.4, -0.2) is 18.9 Å². The van der Waals surface area contributed by atoms with E-state index in [1.54, 1.807) is 0 Å². The molecule has 0 aromatic rings. The molecule has 0 aromatic heterocycles. The summed E-state index contributed by atoms with van der Waals surface area (Å²) in [5.74, 6) is 0. The van der Waals surface area contributed by atoms with Crippen molar-refractivity contribution >= 4 is 18.9 Å². The Balaban J connectivity index is -0.000000134. The second kappa shape index (κ2) is 18.9. The van der Waals surface area contributed by atoms with E-state index in [1.165, 1.54) is 52.9 Å². The Kier molecular flexibility index (Phi) is 25.7. The third kappa shape index (κ3) is 19.9. The smallest absolute Gasteiger partial charge is 0 e. The molecule has 1 saturated carbocycles. The molecular weight excluding hydrogens is 375 g/mol. The molecule has 9 heteroatoms. The van der Waals surface area contributed by atoms with Crippen molar-refractivity contribution < 1.29 is 42.8 Å². The number of hydrogen-bond donors (Lipinski definition) is 0. The van der Waals surface area contributed by atoms with Crippen LogP contribution in [0, 0.1) is 18.7 Å². The quantitative estimate of drug-likeness (QED) is 0.213. The van der Waals surface area contributed by atoms with Crippen LogP contribution in [0.1, 0.15) is 52.9 Å². The normalized spacial score (nSPS) is 13.6. The number of hydrogen-bond acceptors (Lipinski definition) is 0. The first-order chi connectivity index (χ1) is 9.75. The Morgan fingerprint density at radius 2 is 1.14 bits per heavy atom. The van der Waals surface area contributed by atoms with Crippen molar-refractivity contribution in [2.75, 3.05) is 0 Å². The molecule has 0 aromatic carbocycles. The Morgan fingerprint density at radius 1 is 0.864 bits per heavy atom.